The molecule has 0 heteroatoms. The molecule has 9 rings (SSSR count). The standard InChI is InChI=1S/C44H28/c1-2-12-30(13-3-1)43-38-18-8-10-20-40(38)44(41-21-11-9-19-39(41)43)31-24-22-29(23-25-31)32-26-27-37-35-16-5-4-14-33(35)34-15-6-7-17-36(34)42(37)28-32/h1-28H. The van der Waals surface area contributed by atoms with Crippen LogP contribution in [0.3, 0.4) is 0 Å². The molecule has 0 N–H and O–H groups in total. The Hall–Kier alpha value is -5.72. The van der Waals surface area contributed by atoms with Gasteiger partial charge in [-0.2, -0.15) is 0 Å². The van der Waals surface area contributed by atoms with Gasteiger partial charge in [-0.3, -0.25) is 0 Å². The zero-order valence-corrected chi connectivity index (χ0v) is 24.2. The van der Waals surface area contributed by atoms with Crippen LogP contribution in [-0.2, 0) is 0 Å². The van der Waals surface area contributed by atoms with Gasteiger partial charge in [0.15, 0.2) is 0 Å². The van der Waals surface area contributed by atoms with Crippen LogP contribution in [0, 0.1) is 0 Å². The lowest BCUT2D eigenvalue weighted by molar-refractivity contribution is 1.63. The van der Waals surface area contributed by atoms with Gasteiger partial charge >= 0.3 is 0 Å². The topological polar surface area (TPSA) is 0 Å². The van der Waals surface area contributed by atoms with E-state index in [0.29, 0.717) is 0 Å². The number of hydrogen-bond acceptors (Lipinski definition) is 0. The lowest BCUT2D eigenvalue weighted by atomic mass is 9.85. The van der Waals surface area contributed by atoms with E-state index in [2.05, 4.69) is 170 Å². The summed E-state index contributed by atoms with van der Waals surface area (Å²) in [5.74, 6) is 0. The van der Waals surface area contributed by atoms with Crippen LogP contribution in [0.5, 0.6) is 0 Å². The molecule has 44 heavy (non-hydrogen) atoms. The maximum Gasteiger partial charge on any atom is -0.00264 e. The van der Waals surface area contributed by atoms with E-state index in [0.717, 1.165) is 0 Å². The summed E-state index contributed by atoms with van der Waals surface area (Å²) in [5.41, 5.74) is 7.53. The molecule has 0 aliphatic rings. The van der Waals surface area contributed by atoms with Crippen molar-refractivity contribution < 1.29 is 0 Å². The Morgan fingerprint density at radius 3 is 0.977 bits per heavy atom. The molecule has 0 atom stereocenters. The molecule has 0 nitrogen and oxygen atoms in total. The maximum absolute atomic E-state index is 2.37. The van der Waals surface area contributed by atoms with Crippen LogP contribution >= 0.6 is 0 Å². The second-order valence-corrected chi connectivity index (χ2v) is 11.6. The zero-order valence-electron chi connectivity index (χ0n) is 24.2. The van der Waals surface area contributed by atoms with Gasteiger partial charge in [-0.1, -0.05) is 164 Å². The zero-order chi connectivity index (χ0) is 29.0. The van der Waals surface area contributed by atoms with Crippen molar-refractivity contribution in [3.8, 4) is 33.4 Å². The lowest BCUT2D eigenvalue weighted by Crippen LogP contribution is -1.90. The van der Waals surface area contributed by atoms with Crippen LogP contribution in [-0.4, -0.2) is 0 Å². The SMILES string of the molecule is c1ccc(-c2c3ccccc3c(-c3ccc(-c4ccc5c6ccccc6c6ccccc6c5c4)cc3)c3ccccc23)cc1. The molecule has 9 aromatic rings. The molecule has 204 valence electrons. The van der Waals surface area contributed by atoms with E-state index in [1.165, 1.54) is 87.2 Å². The normalized spacial score (nSPS) is 11.6. The second kappa shape index (κ2) is 9.93. The Balaban J connectivity index is 1.23. The summed E-state index contributed by atoms with van der Waals surface area (Å²) < 4.78 is 0. The smallest absolute Gasteiger partial charge is 0.00264 e. The minimum Gasteiger partial charge on any atom is -0.0622 e. The lowest BCUT2D eigenvalue weighted by Gasteiger charge is -2.18. The van der Waals surface area contributed by atoms with Crippen LogP contribution in [0.1, 0.15) is 0 Å². The molecule has 0 saturated heterocycles. The minimum absolute atomic E-state index is 1.22. The van der Waals surface area contributed by atoms with Gasteiger partial charge in [-0.25, -0.2) is 0 Å². The van der Waals surface area contributed by atoms with Crippen LogP contribution in [0.2, 0.25) is 0 Å². The van der Waals surface area contributed by atoms with Crippen LogP contribution in [0.4, 0.5) is 0 Å². The van der Waals surface area contributed by atoms with Crippen LogP contribution in [0.25, 0.3) is 87.2 Å². The van der Waals surface area contributed by atoms with Crippen molar-refractivity contribution in [1.82, 2.24) is 0 Å². The number of fused-ring (bicyclic) bond motifs is 8. The van der Waals surface area contributed by atoms with Gasteiger partial charge in [0.05, 0.1) is 0 Å². The Bertz CT molecular complexity index is 2430. The van der Waals surface area contributed by atoms with Crippen molar-refractivity contribution in [2.45, 2.75) is 0 Å². The van der Waals surface area contributed by atoms with Gasteiger partial charge in [0.1, 0.15) is 0 Å². The van der Waals surface area contributed by atoms with E-state index < -0.39 is 0 Å². The Morgan fingerprint density at radius 1 is 0.182 bits per heavy atom. The Labute approximate surface area is 256 Å². The fraction of sp³-hybridized carbons (Fsp3) is 0. The molecule has 0 aliphatic heterocycles. The van der Waals surface area contributed by atoms with Gasteiger partial charge in [0, 0.05) is 0 Å². The van der Waals surface area contributed by atoms with E-state index >= 15 is 0 Å². The van der Waals surface area contributed by atoms with E-state index in [1.54, 1.807) is 0 Å². The molecule has 0 aliphatic carbocycles. The van der Waals surface area contributed by atoms with Crippen LogP contribution in [0.15, 0.2) is 170 Å². The summed E-state index contributed by atoms with van der Waals surface area (Å²) in [4.78, 5) is 0. The predicted octanol–water partition coefficient (Wildman–Crippen LogP) is 12.5. The molecule has 0 heterocycles. The first-order chi connectivity index (χ1) is 21.8. The highest BCUT2D eigenvalue weighted by molar-refractivity contribution is 6.26. The molecule has 0 amide bonds. The summed E-state index contributed by atoms with van der Waals surface area (Å²) in [5, 5.41) is 13.0. The summed E-state index contributed by atoms with van der Waals surface area (Å²) in [6, 6.07) is 62.2. The van der Waals surface area contributed by atoms with Gasteiger partial charge in [0.25, 0.3) is 0 Å². The van der Waals surface area contributed by atoms with Crippen molar-refractivity contribution in [1.29, 1.82) is 0 Å². The Morgan fingerprint density at radius 2 is 0.500 bits per heavy atom. The molecule has 0 aromatic heterocycles. The minimum atomic E-state index is 1.22. The van der Waals surface area contributed by atoms with Crippen molar-refractivity contribution >= 4 is 53.9 Å². The molecule has 0 spiro atoms. The third-order valence-electron chi connectivity index (χ3n) is 9.25. The van der Waals surface area contributed by atoms with E-state index in [1.807, 2.05) is 0 Å². The van der Waals surface area contributed by atoms with Crippen molar-refractivity contribution in [3.63, 3.8) is 0 Å². The van der Waals surface area contributed by atoms with E-state index in [-0.39, 0.29) is 0 Å². The first kappa shape index (κ1) is 24.8. The molecule has 9 aromatic carbocycles. The van der Waals surface area contributed by atoms with E-state index in [4.69, 9.17) is 0 Å². The highest BCUT2D eigenvalue weighted by Gasteiger charge is 2.16. The third-order valence-corrected chi connectivity index (χ3v) is 9.25. The van der Waals surface area contributed by atoms with Gasteiger partial charge in [-0.15, -0.1) is 0 Å². The summed E-state index contributed by atoms with van der Waals surface area (Å²) in [6.07, 6.45) is 0. The molecule has 0 radical (unpaired) electrons. The molecular weight excluding hydrogens is 528 g/mol. The highest BCUT2D eigenvalue weighted by atomic mass is 14.2. The number of rotatable bonds is 3. The first-order valence-corrected chi connectivity index (χ1v) is 15.3. The van der Waals surface area contributed by atoms with Gasteiger partial charge in [0.2, 0.25) is 0 Å². The molecule has 0 bridgehead atoms. The summed E-state index contributed by atoms with van der Waals surface area (Å²) in [7, 11) is 0. The highest BCUT2D eigenvalue weighted by Crippen LogP contribution is 2.44. The predicted molar refractivity (Wildman–Crippen MR) is 190 cm³/mol. The fourth-order valence-corrected chi connectivity index (χ4v) is 7.27. The number of hydrogen-bond donors (Lipinski definition) is 0. The van der Waals surface area contributed by atoms with Crippen LogP contribution < -0.4 is 0 Å². The van der Waals surface area contributed by atoms with Crippen molar-refractivity contribution in [2.75, 3.05) is 0 Å². The number of benzene rings is 9. The first-order valence-electron chi connectivity index (χ1n) is 15.3. The average molecular weight is 557 g/mol. The maximum atomic E-state index is 2.37. The molecule has 0 saturated carbocycles. The fourth-order valence-electron chi connectivity index (χ4n) is 7.27. The van der Waals surface area contributed by atoms with Gasteiger partial charge < -0.3 is 0 Å². The van der Waals surface area contributed by atoms with Crippen molar-refractivity contribution in [2.24, 2.45) is 0 Å². The summed E-state index contributed by atoms with van der Waals surface area (Å²) in [6.45, 7) is 0. The molecular formula is C44H28. The molecule has 0 unspecified atom stereocenters. The summed E-state index contributed by atoms with van der Waals surface area (Å²) >= 11 is 0. The quantitative estimate of drug-likeness (QED) is 0.150. The van der Waals surface area contributed by atoms with Crippen molar-refractivity contribution in [3.05, 3.63) is 170 Å². The third kappa shape index (κ3) is 3.78. The second-order valence-electron chi connectivity index (χ2n) is 11.6. The van der Waals surface area contributed by atoms with Gasteiger partial charge in [-0.05, 0) is 93.3 Å². The monoisotopic (exact) mass is 556 g/mol. The molecule has 0 fully saturated rings. The largest absolute Gasteiger partial charge is 0.0622 e. The van der Waals surface area contributed by atoms with E-state index in [9.17, 15) is 0 Å². The Kier molecular flexibility index (Phi) is 5.61. The average Bonchev–Trinajstić information content (AvgIpc) is 3.11.